The Hall–Kier alpha value is -3.64. The van der Waals surface area contributed by atoms with Crippen molar-refractivity contribution in [2.75, 3.05) is 6.54 Å². The van der Waals surface area contributed by atoms with E-state index in [1.807, 2.05) is 5.40 Å². The zero-order valence-electron chi connectivity index (χ0n) is 15.9. The lowest BCUT2D eigenvalue weighted by atomic mass is 10.2. The van der Waals surface area contributed by atoms with E-state index >= 15 is 0 Å². The van der Waals surface area contributed by atoms with Gasteiger partial charge in [0.05, 0.1) is 0 Å². The van der Waals surface area contributed by atoms with Gasteiger partial charge in [-0.1, -0.05) is 12.1 Å². The van der Waals surface area contributed by atoms with E-state index in [1.165, 1.54) is 6.08 Å². The van der Waals surface area contributed by atoms with Crippen molar-refractivity contribution in [2.24, 2.45) is 0 Å². The Morgan fingerprint density at radius 3 is 2.30 bits per heavy atom. The fourth-order valence-electron chi connectivity index (χ4n) is 2.28. The zero-order chi connectivity index (χ0) is 21.8. The van der Waals surface area contributed by atoms with Crippen molar-refractivity contribution in [3.8, 4) is 16.9 Å². The molecule has 0 atom stereocenters. The van der Waals surface area contributed by atoms with Crippen LogP contribution < -0.4 is 9.47 Å². The van der Waals surface area contributed by atoms with E-state index in [0.29, 0.717) is 29.9 Å². The fraction of sp³-hybridized carbons (Fsp3) is 0.190. The Morgan fingerprint density at radius 1 is 1.03 bits per heavy atom. The Bertz CT molecular complexity index is 949. The van der Waals surface area contributed by atoms with Crippen molar-refractivity contribution < 1.29 is 24.0 Å². The third-order valence-electron chi connectivity index (χ3n) is 3.70. The van der Waals surface area contributed by atoms with E-state index in [-0.39, 0.29) is 13.0 Å². The summed E-state index contributed by atoms with van der Waals surface area (Å²) in [4.78, 5) is 34.2. The molecule has 0 radical (unpaired) electrons. The molecule has 0 spiro atoms. The molecule has 0 saturated carbocycles. The van der Waals surface area contributed by atoms with Crippen LogP contribution in [0.5, 0.6) is 11.5 Å². The number of thioether (sulfide) groups is 1. The van der Waals surface area contributed by atoms with E-state index < -0.39 is 16.9 Å². The van der Waals surface area contributed by atoms with E-state index in [1.54, 1.807) is 54.6 Å². The van der Waals surface area contributed by atoms with E-state index in [2.05, 4.69) is 0 Å². The third-order valence-corrected chi connectivity index (χ3v) is 4.30. The number of nitrogens with zero attached hydrogens (tertiary/aromatic N) is 2. The average Bonchev–Trinajstić information content (AvgIpc) is 2.72. The standard InChI is InChI=1S/C21H18N2O6S/c22-15-30-19-11-9-18(10-12-19)29-21(25)13-6-16-4-7-17(8-5-16)28-20(24)3-1-2-14-23(26)27/h4-13H,1-3,14H2/b13-6+. The predicted molar refractivity (Wildman–Crippen MR) is 110 cm³/mol. The van der Waals surface area contributed by atoms with Gasteiger partial charge in [-0.2, -0.15) is 5.26 Å². The summed E-state index contributed by atoms with van der Waals surface area (Å²) in [6.07, 6.45) is 3.66. The van der Waals surface area contributed by atoms with Crippen LogP contribution in [0.4, 0.5) is 0 Å². The SMILES string of the molecule is N#CSc1ccc(OC(=O)/C=C/c2ccc(OC(=O)CCCC[N+](=O)[O-])cc2)cc1. The van der Waals surface area contributed by atoms with Gasteiger partial charge in [0.2, 0.25) is 6.54 Å². The second-order valence-electron chi connectivity index (χ2n) is 5.98. The van der Waals surface area contributed by atoms with Gasteiger partial charge in [-0.3, -0.25) is 14.9 Å². The van der Waals surface area contributed by atoms with Crippen molar-refractivity contribution in [1.82, 2.24) is 0 Å². The first kappa shape index (κ1) is 22.6. The van der Waals surface area contributed by atoms with E-state index in [4.69, 9.17) is 14.7 Å². The van der Waals surface area contributed by atoms with Crippen LogP contribution in [-0.2, 0) is 9.59 Å². The number of carbonyl (C=O) groups is 2. The first-order valence-electron chi connectivity index (χ1n) is 8.94. The molecule has 0 heterocycles. The van der Waals surface area contributed by atoms with Crippen LogP contribution in [0.3, 0.4) is 0 Å². The summed E-state index contributed by atoms with van der Waals surface area (Å²) in [5.41, 5.74) is 0.707. The van der Waals surface area contributed by atoms with Crippen molar-refractivity contribution in [3.05, 3.63) is 70.3 Å². The highest BCUT2D eigenvalue weighted by Gasteiger charge is 2.06. The van der Waals surface area contributed by atoms with Crippen LogP contribution in [0, 0.1) is 20.8 Å². The summed E-state index contributed by atoms with van der Waals surface area (Å²) in [7, 11) is 0. The molecule has 0 aliphatic carbocycles. The molecule has 0 amide bonds. The quantitative estimate of drug-likeness (QED) is 0.0809. The number of hydrogen-bond acceptors (Lipinski definition) is 8. The monoisotopic (exact) mass is 426 g/mol. The molecule has 0 fully saturated rings. The molecule has 30 heavy (non-hydrogen) atoms. The van der Waals surface area contributed by atoms with Crippen LogP contribution in [0.25, 0.3) is 6.08 Å². The van der Waals surface area contributed by atoms with Crippen LogP contribution in [0.15, 0.2) is 59.5 Å². The van der Waals surface area contributed by atoms with Gasteiger partial charge in [0.25, 0.3) is 0 Å². The topological polar surface area (TPSA) is 120 Å². The molecule has 2 aromatic carbocycles. The van der Waals surface area contributed by atoms with Gasteiger partial charge >= 0.3 is 11.9 Å². The predicted octanol–water partition coefficient (Wildman–Crippen LogP) is 4.23. The minimum atomic E-state index is -0.555. The number of esters is 2. The molecule has 2 rings (SSSR count). The van der Waals surface area contributed by atoms with E-state index in [0.717, 1.165) is 16.7 Å². The molecule has 0 aliphatic heterocycles. The number of unbranched alkanes of at least 4 members (excludes halogenated alkanes) is 1. The fourth-order valence-corrected chi connectivity index (χ4v) is 2.66. The number of benzene rings is 2. The molecular weight excluding hydrogens is 408 g/mol. The maximum Gasteiger partial charge on any atom is 0.336 e. The lowest BCUT2D eigenvalue weighted by Gasteiger charge is -2.04. The number of thiocyanates is 1. The normalized spacial score (nSPS) is 10.4. The minimum Gasteiger partial charge on any atom is -0.427 e. The molecule has 0 aromatic heterocycles. The van der Waals surface area contributed by atoms with Gasteiger partial charge in [0.15, 0.2) is 0 Å². The molecule has 0 unspecified atom stereocenters. The van der Waals surface area contributed by atoms with Gasteiger partial charge < -0.3 is 9.47 Å². The number of nitriles is 1. The molecule has 0 bridgehead atoms. The largest absolute Gasteiger partial charge is 0.427 e. The maximum atomic E-state index is 11.9. The van der Waals surface area contributed by atoms with Crippen molar-refractivity contribution >= 4 is 29.8 Å². The molecule has 0 N–H and O–H groups in total. The second-order valence-corrected chi connectivity index (χ2v) is 6.83. The highest BCUT2D eigenvalue weighted by Crippen LogP contribution is 2.20. The van der Waals surface area contributed by atoms with Crippen molar-refractivity contribution in [2.45, 2.75) is 24.2 Å². The molecule has 2 aromatic rings. The first-order chi connectivity index (χ1) is 14.5. The first-order valence-corrected chi connectivity index (χ1v) is 9.76. The van der Waals surface area contributed by atoms with Crippen LogP contribution in [0.1, 0.15) is 24.8 Å². The third kappa shape index (κ3) is 8.58. The summed E-state index contributed by atoms with van der Waals surface area (Å²) in [6, 6.07) is 13.1. The van der Waals surface area contributed by atoms with Gasteiger partial charge in [-0.15, -0.1) is 0 Å². The smallest absolute Gasteiger partial charge is 0.336 e. The average molecular weight is 426 g/mol. The highest BCUT2D eigenvalue weighted by molar-refractivity contribution is 8.03. The lowest BCUT2D eigenvalue weighted by molar-refractivity contribution is -0.480. The lowest BCUT2D eigenvalue weighted by Crippen LogP contribution is -2.09. The number of carbonyl (C=O) groups excluding carboxylic acids is 2. The van der Waals surface area contributed by atoms with Crippen molar-refractivity contribution in [1.29, 1.82) is 5.26 Å². The Kier molecular flexibility index (Phi) is 9.09. The Morgan fingerprint density at radius 2 is 1.67 bits per heavy atom. The molecule has 154 valence electrons. The Balaban J connectivity index is 1.79. The summed E-state index contributed by atoms with van der Waals surface area (Å²) in [6.45, 7) is -0.164. The Labute approximate surface area is 177 Å². The minimum absolute atomic E-state index is 0.109. The van der Waals surface area contributed by atoms with Gasteiger partial charge in [-0.25, -0.2) is 4.79 Å². The van der Waals surface area contributed by atoms with Crippen molar-refractivity contribution in [3.63, 3.8) is 0 Å². The van der Waals surface area contributed by atoms with Gasteiger partial charge in [0.1, 0.15) is 16.9 Å². The highest BCUT2D eigenvalue weighted by atomic mass is 32.2. The summed E-state index contributed by atoms with van der Waals surface area (Å²) >= 11 is 1.02. The number of hydrogen-bond donors (Lipinski definition) is 0. The summed E-state index contributed by atoms with van der Waals surface area (Å²) < 4.78 is 10.3. The summed E-state index contributed by atoms with van der Waals surface area (Å²) in [5.74, 6) is -0.290. The van der Waals surface area contributed by atoms with Crippen LogP contribution in [0.2, 0.25) is 0 Å². The molecule has 0 aliphatic rings. The zero-order valence-corrected chi connectivity index (χ0v) is 16.7. The van der Waals surface area contributed by atoms with Crippen LogP contribution >= 0.6 is 11.8 Å². The molecule has 0 saturated heterocycles. The summed E-state index contributed by atoms with van der Waals surface area (Å²) in [5, 5.41) is 20.8. The second kappa shape index (κ2) is 12.0. The number of ether oxygens (including phenoxy) is 2. The molecular formula is C21H18N2O6S. The van der Waals surface area contributed by atoms with E-state index in [9.17, 15) is 19.7 Å². The number of rotatable bonds is 10. The van der Waals surface area contributed by atoms with Gasteiger partial charge in [-0.05, 0) is 66.2 Å². The molecule has 8 nitrogen and oxygen atoms in total. The maximum absolute atomic E-state index is 11.9. The van der Waals surface area contributed by atoms with Crippen LogP contribution in [-0.4, -0.2) is 23.4 Å². The number of nitro groups is 1. The molecule has 9 heteroatoms. The van der Waals surface area contributed by atoms with Gasteiger partial charge in [0, 0.05) is 28.7 Å².